The SMILES string of the molecule is CN(c1ccnc(/C(C#N)=C\C2CC2)c1)c1ncnc2[nH]ccc12. The lowest BCUT2D eigenvalue weighted by atomic mass is 10.1. The summed E-state index contributed by atoms with van der Waals surface area (Å²) in [6.45, 7) is 0. The normalized spacial score (nSPS) is 14.6. The van der Waals surface area contributed by atoms with Gasteiger partial charge < -0.3 is 9.88 Å². The number of allylic oxidation sites excluding steroid dienone is 2. The molecular weight excluding hydrogens is 300 g/mol. The second kappa shape index (κ2) is 5.78. The van der Waals surface area contributed by atoms with Crippen molar-refractivity contribution in [3.8, 4) is 6.07 Å². The highest BCUT2D eigenvalue weighted by atomic mass is 15.2. The molecule has 1 aliphatic rings. The predicted molar refractivity (Wildman–Crippen MR) is 92.5 cm³/mol. The molecule has 1 N–H and O–H groups in total. The third kappa shape index (κ3) is 2.61. The molecule has 1 saturated carbocycles. The van der Waals surface area contributed by atoms with Crippen LogP contribution in [0.2, 0.25) is 0 Å². The van der Waals surface area contributed by atoms with Crippen molar-refractivity contribution in [2.45, 2.75) is 12.8 Å². The number of nitriles is 1. The largest absolute Gasteiger partial charge is 0.346 e. The van der Waals surface area contributed by atoms with Gasteiger partial charge in [-0.1, -0.05) is 6.08 Å². The molecule has 6 heteroatoms. The zero-order valence-corrected chi connectivity index (χ0v) is 13.3. The van der Waals surface area contributed by atoms with Crippen LogP contribution in [-0.2, 0) is 0 Å². The monoisotopic (exact) mass is 316 g/mol. The average molecular weight is 316 g/mol. The van der Waals surface area contributed by atoms with E-state index in [0.29, 0.717) is 17.2 Å². The summed E-state index contributed by atoms with van der Waals surface area (Å²) >= 11 is 0. The van der Waals surface area contributed by atoms with Gasteiger partial charge in [-0.05, 0) is 37.0 Å². The number of aromatic nitrogens is 4. The first-order valence-corrected chi connectivity index (χ1v) is 7.86. The number of rotatable bonds is 4. The van der Waals surface area contributed by atoms with Crippen LogP contribution in [0.3, 0.4) is 0 Å². The molecule has 0 unspecified atom stereocenters. The number of fused-ring (bicyclic) bond motifs is 1. The highest BCUT2D eigenvalue weighted by Gasteiger charge is 2.20. The number of H-pyrrole nitrogens is 1. The highest BCUT2D eigenvalue weighted by Crippen LogP contribution is 2.34. The van der Waals surface area contributed by atoms with E-state index >= 15 is 0 Å². The molecule has 4 rings (SSSR count). The van der Waals surface area contributed by atoms with Crippen LogP contribution >= 0.6 is 0 Å². The Kier molecular flexibility index (Phi) is 3.47. The van der Waals surface area contributed by atoms with Crippen LogP contribution in [0.4, 0.5) is 11.5 Å². The molecule has 1 fully saturated rings. The fourth-order valence-electron chi connectivity index (χ4n) is 2.70. The standard InChI is InChI=1S/C18H16N6/c1-24(18-15-5-7-21-17(15)22-11-23-18)14-4-6-20-16(9-14)13(10-19)8-12-2-3-12/h4-9,11-12H,2-3H2,1H3,(H,21,22,23)/b13-8-. The first kappa shape index (κ1) is 14.4. The maximum Gasteiger partial charge on any atom is 0.145 e. The van der Waals surface area contributed by atoms with Crippen LogP contribution in [0.15, 0.2) is 43.0 Å². The van der Waals surface area contributed by atoms with Crippen molar-refractivity contribution in [1.82, 2.24) is 19.9 Å². The number of hydrogen-bond acceptors (Lipinski definition) is 5. The zero-order chi connectivity index (χ0) is 16.5. The molecular formula is C18H16N6. The maximum absolute atomic E-state index is 9.42. The number of pyridine rings is 1. The van der Waals surface area contributed by atoms with E-state index in [0.717, 1.165) is 35.4 Å². The summed E-state index contributed by atoms with van der Waals surface area (Å²) in [5.41, 5.74) is 3.07. The van der Waals surface area contributed by atoms with Crippen LogP contribution in [0.1, 0.15) is 18.5 Å². The van der Waals surface area contributed by atoms with E-state index in [1.807, 2.05) is 42.4 Å². The average Bonchev–Trinajstić information content (AvgIpc) is 3.32. The van der Waals surface area contributed by atoms with Crippen molar-refractivity contribution in [1.29, 1.82) is 5.26 Å². The van der Waals surface area contributed by atoms with Gasteiger partial charge in [-0.2, -0.15) is 5.26 Å². The van der Waals surface area contributed by atoms with Gasteiger partial charge in [-0.15, -0.1) is 0 Å². The maximum atomic E-state index is 9.42. The van der Waals surface area contributed by atoms with Gasteiger partial charge in [0.05, 0.1) is 16.7 Å². The summed E-state index contributed by atoms with van der Waals surface area (Å²) in [7, 11) is 1.95. The van der Waals surface area contributed by atoms with Gasteiger partial charge in [0.25, 0.3) is 0 Å². The van der Waals surface area contributed by atoms with E-state index in [9.17, 15) is 5.26 Å². The van der Waals surface area contributed by atoms with Gasteiger partial charge in [-0.25, -0.2) is 9.97 Å². The summed E-state index contributed by atoms with van der Waals surface area (Å²) in [6.07, 6.45) is 9.48. The predicted octanol–water partition coefficient (Wildman–Crippen LogP) is 3.44. The summed E-state index contributed by atoms with van der Waals surface area (Å²) < 4.78 is 0. The van der Waals surface area contributed by atoms with E-state index in [1.165, 1.54) is 0 Å². The summed E-state index contributed by atoms with van der Waals surface area (Å²) in [5.74, 6) is 1.34. The molecule has 3 aromatic rings. The second-order valence-corrected chi connectivity index (χ2v) is 5.93. The first-order chi connectivity index (χ1) is 11.8. The molecule has 0 saturated heterocycles. The number of anilines is 2. The van der Waals surface area contributed by atoms with Gasteiger partial charge in [0, 0.05) is 25.1 Å². The molecule has 3 heterocycles. The molecule has 6 nitrogen and oxygen atoms in total. The number of nitrogens with one attached hydrogen (secondary N) is 1. The third-order valence-corrected chi connectivity index (χ3v) is 4.20. The molecule has 3 aromatic heterocycles. The Balaban J connectivity index is 1.73. The second-order valence-electron chi connectivity index (χ2n) is 5.93. The Morgan fingerprint density at radius 2 is 2.21 bits per heavy atom. The van der Waals surface area contributed by atoms with Crippen molar-refractivity contribution in [2.24, 2.45) is 5.92 Å². The van der Waals surface area contributed by atoms with Gasteiger partial charge in [0.2, 0.25) is 0 Å². The molecule has 0 amide bonds. The fraction of sp³-hybridized carbons (Fsp3) is 0.222. The first-order valence-electron chi connectivity index (χ1n) is 7.86. The van der Waals surface area contributed by atoms with Crippen LogP contribution < -0.4 is 4.90 Å². The fourth-order valence-corrected chi connectivity index (χ4v) is 2.70. The Morgan fingerprint density at radius 1 is 1.33 bits per heavy atom. The van der Waals surface area contributed by atoms with Crippen LogP contribution in [-0.4, -0.2) is 27.0 Å². The summed E-state index contributed by atoms with van der Waals surface area (Å²) in [4.78, 5) is 18.1. The minimum Gasteiger partial charge on any atom is -0.346 e. The lowest BCUT2D eigenvalue weighted by Crippen LogP contribution is -2.12. The Morgan fingerprint density at radius 3 is 3.00 bits per heavy atom. The minimum absolute atomic E-state index is 0.532. The van der Waals surface area contributed by atoms with E-state index in [4.69, 9.17) is 0 Å². The Labute approximate surface area is 139 Å². The molecule has 0 radical (unpaired) electrons. The van der Waals surface area contributed by atoms with E-state index in [2.05, 4.69) is 26.0 Å². The molecule has 0 spiro atoms. The topological polar surface area (TPSA) is 81.5 Å². The summed E-state index contributed by atoms with van der Waals surface area (Å²) in [6, 6.07) is 8.07. The molecule has 24 heavy (non-hydrogen) atoms. The number of hydrogen-bond donors (Lipinski definition) is 1. The smallest absolute Gasteiger partial charge is 0.145 e. The van der Waals surface area contributed by atoms with Crippen molar-refractivity contribution in [3.63, 3.8) is 0 Å². The molecule has 1 aliphatic carbocycles. The minimum atomic E-state index is 0.532. The van der Waals surface area contributed by atoms with Crippen molar-refractivity contribution >= 4 is 28.1 Å². The lowest BCUT2D eigenvalue weighted by Gasteiger charge is -2.19. The highest BCUT2D eigenvalue weighted by molar-refractivity contribution is 5.89. The summed E-state index contributed by atoms with van der Waals surface area (Å²) in [5, 5.41) is 10.4. The van der Waals surface area contributed by atoms with Gasteiger partial charge in [0.1, 0.15) is 23.9 Å². The van der Waals surface area contributed by atoms with Crippen molar-refractivity contribution < 1.29 is 0 Å². The van der Waals surface area contributed by atoms with Gasteiger partial charge >= 0.3 is 0 Å². The molecule has 0 aliphatic heterocycles. The molecule has 0 aromatic carbocycles. The Bertz CT molecular complexity index is 961. The van der Waals surface area contributed by atoms with Crippen LogP contribution in [0, 0.1) is 17.2 Å². The quantitative estimate of drug-likeness (QED) is 0.746. The molecule has 0 atom stereocenters. The van der Waals surface area contributed by atoms with Gasteiger partial charge in [0.15, 0.2) is 0 Å². The van der Waals surface area contributed by atoms with Gasteiger partial charge in [-0.3, -0.25) is 4.98 Å². The van der Waals surface area contributed by atoms with Crippen molar-refractivity contribution in [2.75, 3.05) is 11.9 Å². The van der Waals surface area contributed by atoms with E-state index in [1.54, 1.807) is 12.5 Å². The molecule has 0 bridgehead atoms. The molecule has 118 valence electrons. The van der Waals surface area contributed by atoms with Crippen LogP contribution in [0.25, 0.3) is 16.6 Å². The van der Waals surface area contributed by atoms with Crippen molar-refractivity contribution in [3.05, 3.63) is 48.7 Å². The Hall–Kier alpha value is -3.20. The number of nitrogens with zero attached hydrogens (tertiary/aromatic N) is 5. The van der Waals surface area contributed by atoms with E-state index < -0.39 is 0 Å². The zero-order valence-electron chi connectivity index (χ0n) is 13.3. The van der Waals surface area contributed by atoms with Crippen LogP contribution in [0.5, 0.6) is 0 Å². The third-order valence-electron chi connectivity index (χ3n) is 4.20. The van der Waals surface area contributed by atoms with E-state index in [-0.39, 0.29) is 0 Å². The lowest BCUT2D eigenvalue weighted by molar-refractivity contribution is 1.09. The number of aromatic amines is 1.